The van der Waals surface area contributed by atoms with E-state index in [1.807, 2.05) is 0 Å². The van der Waals surface area contributed by atoms with Crippen molar-refractivity contribution in [2.45, 2.75) is 12.5 Å². The number of aromatic nitrogens is 1. The number of benzene rings is 3. The predicted molar refractivity (Wildman–Crippen MR) is 128 cm³/mol. The largest absolute Gasteiger partial charge is 0.496 e. The number of pyridine rings is 1. The summed E-state index contributed by atoms with van der Waals surface area (Å²) in [5.74, 6) is -7.22. The summed E-state index contributed by atoms with van der Waals surface area (Å²) in [5, 5.41) is 12.3. The van der Waals surface area contributed by atoms with Crippen LogP contribution in [0.5, 0.6) is 5.75 Å². The van der Waals surface area contributed by atoms with Crippen molar-refractivity contribution < 1.29 is 37.0 Å². The molecule has 37 heavy (non-hydrogen) atoms. The number of carbonyl (C=O) groups is 2. The van der Waals surface area contributed by atoms with Crippen LogP contribution in [0.15, 0.2) is 54.7 Å². The van der Waals surface area contributed by atoms with Gasteiger partial charge in [0.25, 0.3) is 5.91 Å². The van der Waals surface area contributed by atoms with Crippen LogP contribution in [0.2, 0.25) is 5.02 Å². The molecule has 0 aliphatic rings. The van der Waals surface area contributed by atoms with Gasteiger partial charge in [0, 0.05) is 29.6 Å². The zero-order valence-electron chi connectivity index (χ0n) is 19.0. The summed E-state index contributed by atoms with van der Waals surface area (Å²) in [6, 6.07) is 7.48. The van der Waals surface area contributed by atoms with E-state index in [4.69, 9.17) is 16.3 Å². The average molecular weight is 533 g/mol. The molecule has 0 spiro atoms. The first-order chi connectivity index (χ1) is 17.6. The van der Waals surface area contributed by atoms with Crippen LogP contribution in [-0.4, -0.2) is 35.1 Å². The number of carboxylic acid groups (broad SMARTS) is 1. The third-order valence-corrected chi connectivity index (χ3v) is 5.99. The fourth-order valence-electron chi connectivity index (χ4n) is 3.95. The lowest BCUT2D eigenvalue weighted by molar-refractivity contribution is -0.139. The lowest BCUT2D eigenvalue weighted by atomic mass is 9.94. The molecule has 2 N–H and O–H groups in total. The summed E-state index contributed by atoms with van der Waals surface area (Å²) in [6.07, 6.45) is 1.03. The van der Waals surface area contributed by atoms with E-state index in [0.29, 0.717) is 16.5 Å². The maximum atomic E-state index is 14.1. The van der Waals surface area contributed by atoms with Crippen molar-refractivity contribution in [1.82, 2.24) is 10.3 Å². The number of amides is 1. The third kappa shape index (κ3) is 5.05. The number of carboxylic acids is 1. The molecule has 11 heteroatoms. The van der Waals surface area contributed by atoms with E-state index in [2.05, 4.69) is 10.3 Å². The van der Waals surface area contributed by atoms with E-state index in [1.54, 1.807) is 0 Å². The van der Waals surface area contributed by atoms with Gasteiger partial charge >= 0.3 is 5.97 Å². The molecule has 190 valence electrons. The highest BCUT2D eigenvalue weighted by Crippen LogP contribution is 2.40. The molecule has 3 aromatic carbocycles. The SMILES string of the molecule is COc1cc(F)c(F)cc1-c1ccc(C[C@H](NC(=O)c2c(F)cccc2F)C(=O)O)c2nccc(Cl)c12. The van der Waals surface area contributed by atoms with Gasteiger partial charge in [-0.3, -0.25) is 9.78 Å². The van der Waals surface area contributed by atoms with Gasteiger partial charge < -0.3 is 15.2 Å². The molecule has 0 radical (unpaired) electrons. The lowest BCUT2D eigenvalue weighted by Crippen LogP contribution is -2.43. The molecule has 4 aromatic rings. The monoisotopic (exact) mass is 532 g/mol. The van der Waals surface area contributed by atoms with Crippen molar-refractivity contribution in [3.8, 4) is 16.9 Å². The second-order valence-electron chi connectivity index (χ2n) is 7.92. The minimum absolute atomic E-state index is 0.0236. The van der Waals surface area contributed by atoms with Gasteiger partial charge in [-0.1, -0.05) is 29.8 Å². The normalized spacial score (nSPS) is 11.8. The number of halogens is 5. The van der Waals surface area contributed by atoms with Crippen LogP contribution < -0.4 is 10.1 Å². The number of fused-ring (bicyclic) bond motifs is 1. The summed E-state index contributed by atoms with van der Waals surface area (Å²) in [7, 11) is 1.28. The maximum absolute atomic E-state index is 14.1. The van der Waals surface area contributed by atoms with Gasteiger partial charge in [-0.25, -0.2) is 22.4 Å². The van der Waals surface area contributed by atoms with E-state index in [9.17, 15) is 32.3 Å². The summed E-state index contributed by atoms with van der Waals surface area (Å²) >= 11 is 6.43. The zero-order valence-corrected chi connectivity index (χ0v) is 19.7. The molecule has 0 aliphatic heterocycles. The number of hydrogen-bond acceptors (Lipinski definition) is 4. The molecule has 0 bridgehead atoms. The number of rotatable bonds is 7. The Labute approximate surface area is 212 Å². The lowest BCUT2D eigenvalue weighted by Gasteiger charge is -2.18. The standard InChI is InChI=1S/C26H17ClF4N2O4/c1-37-21-11-19(31)18(30)10-14(21)13-6-5-12(24-22(13)15(27)7-8-32-24)9-20(26(35)36)33-25(34)23-16(28)3-2-4-17(23)29/h2-8,10-11,20H,9H2,1H3,(H,33,34)(H,35,36)/t20-/m0/s1. The van der Waals surface area contributed by atoms with Gasteiger partial charge in [-0.05, 0) is 35.4 Å². The average Bonchev–Trinajstić information content (AvgIpc) is 2.85. The van der Waals surface area contributed by atoms with Crippen molar-refractivity contribution in [2.75, 3.05) is 7.11 Å². The molecule has 0 saturated heterocycles. The van der Waals surface area contributed by atoms with Crippen LogP contribution in [-0.2, 0) is 11.2 Å². The Morgan fingerprint density at radius 2 is 1.68 bits per heavy atom. The first-order valence-electron chi connectivity index (χ1n) is 10.7. The van der Waals surface area contributed by atoms with E-state index >= 15 is 0 Å². The highest BCUT2D eigenvalue weighted by molar-refractivity contribution is 6.36. The number of nitrogens with one attached hydrogen (secondary N) is 1. The number of aliphatic carboxylic acids is 1. The Morgan fingerprint density at radius 1 is 1.00 bits per heavy atom. The molecule has 0 fully saturated rings. The quantitative estimate of drug-likeness (QED) is 0.305. The van der Waals surface area contributed by atoms with E-state index < -0.39 is 46.8 Å². The summed E-state index contributed by atoms with van der Waals surface area (Å²) in [5.41, 5.74) is 0.113. The molecule has 1 heterocycles. The van der Waals surface area contributed by atoms with E-state index in [-0.39, 0.29) is 28.3 Å². The first kappa shape index (κ1) is 25.9. The fraction of sp³-hybridized carbons (Fsp3) is 0.115. The summed E-state index contributed by atoms with van der Waals surface area (Å²) < 4.78 is 61.1. The maximum Gasteiger partial charge on any atom is 0.326 e. The Bertz CT molecular complexity index is 1530. The van der Waals surface area contributed by atoms with Crippen molar-refractivity contribution >= 4 is 34.4 Å². The topological polar surface area (TPSA) is 88.5 Å². The van der Waals surface area contributed by atoms with Crippen LogP contribution >= 0.6 is 11.6 Å². The van der Waals surface area contributed by atoms with Crippen LogP contribution in [0.25, 0.3) is 22.0 Å². The Morgan fingerprint density at radius 3 is 2.32 bits per heavy atom. The van der Waals surface area contributed by atoms with Crippen molar-refractivity contribution in [1.29, 1.82) is 0 Å². The number of methoxy groups -OCH3 is 1. The number of nitrogens with zero attached hydrogens (tertiary/aromatic N) is 1. The predicted octanol–water partition coefficient (Wildman–Crippen LogP) is 5.55. The fourth-order valence-corrected chi connectivity index (χ4v) is 4.19. The second kappa shape index (κ2) is 10.4. The molecule has 0 aliphatic carbocycles. The smallest absolute Gasteiger partial charge is 0.326 e. The molecule has 1 aromatic heterocycles. The Balaban J connectivity index is 1.78. The Kier molecular flexibility index (Phi) is 7.30. The minimum Gasteiger partial charge on any atom is -0.496 e. The molecular formula is C26H17ClF4N2O4. The van der Waals surface area contributed by atoms with Crippen LogP contribution in [0.4, 0.5) is 17.6 Å². The molecular weight excluding hydrogens is 516 g/mol. The molecule has 4 rings (SSSR count). The van der Waals surface area contributed by atoms with Crippen LogP contribution in [0.1, 0.15) is 15.9 Å². The van der Waals surface area contributed by atoms with E-state index in [0.717, 1.165) is 30.3 Å². The molecule has 6 nitrogen and oxygen atoms in total. The van der Waals surface area contributed by atoms with Gasteiger partial charge in [-0.15, -0.1) is 0 Å². The summed E-state index contributed by atoms with van der Waals surface area (Å²) in [6.45, 7) is 0. The molecule has 0 unspecified atom stereocenters. The van der Waals surface area contributed by atoms with Crippen molar-refractivity contribution in [2.24, 2.45) is 0 Å². The highest BCUT2D eigenvalue weighted by atomic mass is 35.5. The molecule has 0 saturated carbocycles. The Hall–Kier alpha value is -4.18. The van der Waals surface area contributed by atoms with E-state index in [1.165, 1.54) is 31.5 Å². The van der Waals surface area contributed by atoms with Gasteiger partial charge in [-0.2, -0.15) is 0 Å². The van der Waals surface area contributed by atoms with Crippen molar-refractivity contribution in [3.05, 3.63) is 94.1 Å². The highest BCUT2D eigenvalue weighted by Gasteiger charge is 2.26. The van der Waals surface area contributed by atoms with Gasteiger partial charge in [0.1, 0.15) is 29.0 Å². The van der Waals surface area contributed by atoms with Crippen LogP contribution in [0.3, 0.4) is 0 Å². The van der Waals surface area contributed by atoms with Crippen LogP contribution in [0, 0.1) is 23.3 Å². The van der Waals surface area contributed by atoms with Crippen molar-refractivity contribution in [3.63, 3.8) is 0 Å². The van der Waals surface area contributed by atoms with Gasteiger partial charge in [0.15, 0.2) is 11.6 Å². The zero-order chi connectivity index (χ0) is 26.9. The minimum atomic E-state index is -1.60. The number of ether oxygens (including phenoxy) is 1. The molecule has 1 atom stereocenters. The number of hydrogen-bond donors (Lipinski definition) is 2. The van der Waals surface area contributed by atoms with Gasteiger partial charge in [0.05, 0.1) is 17.6 Å². The first-order valence-corrected chi connectivity index (χ1v) is 11.1. The number of carbonyl (C=O) groups excluding carboxylic acids is 1. The van der Waals surface area contributed by atoms with Gasteiger partial charge in [0.2, 0.25) is 0 Å². The second-order valence-corrected chi connectivity index (χ2v) is 8.33. The summed E-state index contributed by atoms with van der Waals surface area (Å²) in [4.78, 5) is 28.7. The molecule has 1 amide bonds. The third-order valence-electron chi connectivity index (χ3n) is 5.67.